The molecule has 3 rings (SSSR count). The van der Waals surface area contributed by atoms with Gasteiger partial charge in [0.05, 0.1) is 5.56 Å². The molecule has 2 fully saturated rings. The van der Waals surface area contributed by atoms with Gasteiger partial charge in [-0.05, 0) is 50.3 Å². The molecule has 5 nitrogen and oxygen atoms in total. The molecule has 0 aliphatic heterocycles. The molecule has 2 atom stereocenters. The molecule has 0 saturated heterocycles. The van der Waals surface area contributed by atoms with Gasteiger partial charge in [-0.25, -0.2) is 4.39 Å². The molecule has 0 aromatic heterocycles. The zero-order chi connectivity index (χ0) is 16.4. The van der Waals surface area contributed by atoms with Crippen molar-refractivity contribution in [3.05, 3.63) is 29.6 Å². The van der Waals surface area contributed by atoms with Crippen LogP contribution in [-0.4, -0.2) is 29.0 Å². The van der Waals surface area contributed by atoms with Gasteiger partial charge in [0.15, 0.2) is 0 Å². The van der Waals surface area contributed by atoms with Crippen LogP contribution in [0.15, 0.2) is 18.2 Å². The molecule has 0 heterocycles. The molecule has 2 aliphatic carbocycles. The van der Waals surface area contributed by atoms with Crippen molar-refractivity contribution in [2.24, 2.45) is 5.92 Å². The number of hydrogen-bond acceptors (Lipinski definition) is 3. The predicted octanol–water partition coefficient (Wildman–Crippen LogP) is 2.10. The van der Waals surface area contributed by atoms with E-state index in [2.05, 4.69) is 10.6 Å². The fourth-order valence-electron chi connectivity index (χ4n) is 3.06. The number of amides is 2. The third-order valence-corrected chi connectivity index (χ3v) is 4.51. The van der Waals surface area contributed by atoms with E-state index < -0.39 is 11.7 Å². The second-order valence-corrected chi connectivity index (χ2v) is 6.48. The summed E-state index contributed by atoms with van der Waals surface area (Å²) in [5.41, 5.74) is -0.0745. The lowest BCUT2D eigenvalue weighted by Gasteiger charge is -2.29. The Hall–Kier alpha value is -2.11. The Morgan fingerprint density at radius 3 is 2.61 bits per heavy atom. The molecule has 6 heteroatoms. The summed E-state index contributed by atoms with van der Waals surface area (Å²) in [7, 11) is 0. The number of aromatic hydroxyl groups is 1. The molecule has 3 N–H and O–H groups in total. The van der Waals surface area contributed by atoms with E-state index in [1.807, 2.05) is 0 Å². The summed E-state index contributed by atoms with van der Waals surface area (Å²) >= 11 is 0. The number of carbonyl (C=O) groups is 2. The molecular weight excluding hydrogens is 299 g/mol. The molecule has 23 heavy (non-hydrogen) atoms. The highest BCUT2D eigenvalue weighted by atomic mass is 19.1. The van der Waals surface area contributed by atoms with E-state index in [0.717, 1.165) is 50.3 Å². The van der Waals surface area contributed by atoms with Crippen LogP contribution in [0.5, 0.6) is 5.75 Å². The Morgan fingerprint density at radius 2 is 1.87 bits per heavy atom. The molecule has 124 valence electrons. The fraction of sp³-hybridized carbons (Fsp3) is 0.529. The van der Waals surface area contributed by atoms with Crippen LogP contribution in [0.3, 0.4) is 0 Å². The first kappa shape index (κ1) is 15.8. The Balaban J connectivity index is 1.59. The zero-order valence-corrected chi connectivity index (χ0v) is 12.8. The van der Waals surface area contributed by atoms with E-state index >= 15 is 0 Å². The van der Waals surface area contributed by atoms with Gasteiger partial charge in [0.1, 0.15) is 11.6 Å². The van der Waals surface area contributed by atoms with Gasteiger partial charge in [-0.3, -0.25) is 9.59 Å². The van der Waals surface area contributed by atoms with E-state index in [-0.39, 0.29) is 29.2 Å². The number of halogens is 1. The van der Waals surface area contributed by atoms with Crippen LogP contribution in [0.1, 0.15) is 48.9 Å². The number of hydrogen-bond donors (Lipinski definition) is 3. The van der Waals surface area contributed by atoms with Gasteiger partial charge in [0, 0.05) is 18.0 Å². The minimum Gasteiger partial charge on any atom is -0.507 e. The van der Waals surface area contributed by atoms with Crippen molar-refractivity contribution in [1.29, 1.82) is 0 Å². The molecule has 2 aliphatic rings. The summed E-state index contributed by atoms with van der Waals surface area (Å²) in [6.07, 6.45) is 5.17. The molecule has 0 bridgehead atoms. The van der Waals surface area contributed by atoms with Crippen LogP contribution in [0.2, 0.25) is 0 Å². The van der Waals surface area contributed by atoms with E-state index in [1.54, 1.807) is 0 Å². The lowest BCUT2D eigenvalue weighted by atomic mass is 9.85. The van der Waals surface area contributed by atoms with Crippen LogP contribution in [0, 0.1) is 11.7 Å². The number of phenols is 1. The van der Waals surface area contributed by atoms with E-state index in [0.29, 0.717) is 12.5 Å². The summed E-state index contributed by atoms with van der Waals surface area (Å²) in [4.78, 5) is 24.3. The number of carbonyl (C=O) groups excluding carboxylic acids is 2. The molecular formula is C17H21FN2O3. The van der Waals surface area contributed by atoms with Gasteiger partial charge >= 0.3 is 0 Å². The minimum atomic E-state index is -0.571. The first-order valence-electron chi connectivity index (χ1n) is 8.12. The highest BCUT2D eigenvalue weighted by molar-refractivity contribution is 5.97. The monoisotopic (exact) mass is 320 g/mol. The smallest absolute Gasteiger partial charge is 0.255 e. The zero-order valence-electron chi connectivity index (χ0n) is 12.8. The van der Waals surface area contributed by atoms with Crippen LogP contribution < -0.4 is 10.6 Å². The summed E-state index contributed by atoms with van der Waals surface area (Å²) in [6, 6.07) is 3.49. The van der Waals surface area contributed by atoms with Crippen molar-refractivity contribution in [2.75, 3.05) is 0 Å². The summed E-state index contributed by atoms with van der Waals surface area (Å²) in [5, 5.41) is 15.5. The van der Waals surface area contributed by atoms with E-state index in [1.165, 1.54) is 0 Å². The average molecular weight is 320 g/mol. The summed E-state index contributed by atoms with van der Waals surface area (Å²) in [5.74, 6) is -1.34. The Bertz CT molecular complexity index is 616. The maximum atomic E-state index is 13.2. The summed E-state index contributed by atoms with van der Waals surface area (Å²) < 4.78 is 13.2. The van der Waals surface area contributed by atoms with Gasteiger partial charge in [0.25, 0.3) is 5.91 Å². The highest BCUT2D eigenvalue weighted by Crippen LogP contribution is 2.27. The molecule has 1 aromatic rings. The lowest BCUT2D eigenvalue weighted by molar-refractivity contribution is -0.126. The Labute approximate surface area is 134 Å². The van der Waals surface area contributed by atoms with Crippen molar-refractivity contribution in [3.63, 3.8) is 0 Å². The maximum Gasteiger partial charge on any atom is 0.255 e. The quantitative estimate of drug-likeness (QED) is 0.795. The first-order valence-corrected chi connectivity index (χ1v) is 8.12. The van der Waals surface area contributed by atoms with Crippen LogP contribution >= 0.6 is 0 Å². The largest absolute Gasteiger partial charge is 0.507 e. The predicted molar refractivity (Wildman–Crippen MR) is 82.4 cm³/mol. The Kier molecular flexibility index (Phi) is 4.50. The van der Waals surface area contributed by atoms with Crippen molar-refractivity contribution in [1.82, 2.24) is 10.6 Å². The molecule has 0 spiro atoms. The van der Waals surface area contributed by atoms with Gasteiger partial charge in [-0.15, -0.1) is 0 Å². The Morgan fingerprint density at radius 1 is 1.09 bits per heavy atom. The third-order valence-electron chi connectivity index (χ3n) is 4.51. The third kappa shape index (κ3) is 4.00. The standard InChI is InChI=1S/C17H21FN2O3/c18-11-4-7-15(21)14(9-11)17(23)20-13-3-1-2-10(8-13)16(22)19-12-5-6-12/h4,7,9-10,12-13,21H,1-3,5-6,8H2,(H,19,22)(H,20,23)/t10-,13+/m0/s1. The van der Waals surface area contributed by atoms with E-state index in [4.69, 9.17) is 0 Å². The van der Waals surface area contributed by atoms with Crippen molar-refractivity contribution < 1.29 is 19.1 Å². The van der Waals surface area contributed by atoms with Gasteiger partial charge in [0.2, 0.25) is 5.91 Å². The van der Waals surface area contributed by atoms with Gasteiger partial charge < -0.3 is 15.7 Å². The number of benzene rings is 1. The molecule has 2 saturated carbocycles. The molecule has 1 aromatic carbocycles. The van der Waals surface area contributed by atoms with Crippen molar-refractivity contribution >= 4 is 11.8 Å². The number of phenolic OH excluding ortho intramolecular Hbond substituents is 1. The van der Waals surface area contributed by atoms with Crippen molar-refractivity contribution in [3.8, 4) is 5.75 Å². The second-order valence-electron chi connectivity index (χ2n) is 6.48. The normalized spacial score (nSPS) is 24.0. The molecule has 0 unspecified atom stereocenters. The summed E-state index contributed by atoms with van der Waals surface area (Å²) in [6.45, 7) is 0. The van der Waals surface area contributed by atoms with Crippen LogP contribution in [0.4, 0.5) is 4.39 Å². The number of nitrogens with one attached hydrogen (secondary N) is 2. The first-order chi connectivity index (χ1) is 11.0. The average Bonchev–Trinajstić information content (AvgIpc) is 3.34. The topological polar surface area (TPSA) is 78.4 Å². The lowest BCUT2D eigenvalue weighted by Crippen LogP contribution is -2.42. The molecule has 0 radical (unpaired) electrons. The van der Waals surface area contributed by atoms with Crippen molar-refractivity contribution in [2.45, 2.75) is 50.6 Å². The highest BCUT2D eigenvalue weighted by Gasteiger charge is 2.32. The SMILES string of the molecule is O=C(N[C@@H]1CCC[C@H](C(=O)NC2CC2)C1)c1cc(F)ccc1O. The maximum absolute atomic E-state index is 13.2. The fourth-order valence-corrected chi connectivity index (χ4v) is 3.06. The van der Waals surface area contributed by atoms with Gasteiger partial charge in [-0.2, -0.15) is 0 Å². The van der Waals surface area contributed by atoms with Crippen LogP contribution in [-0.2, 0) is 4.79 Å². The van der Waals surface area contributed by atoms with E-state index in [9.17, 15) is 19.1 Å². The van der Waals surface area contributed by atoms with Crippen LogP contribution in [0.25, 0.3) is 0 Å². The number of rotatable bonds is 4. The second kappa shape index (κ2) is 6.56. The molecule has 2 amide bonds. The minimum absolute atomic E-state index is 0.0695. The van der Waals surface area contributed by atoms with Gasteiger partial charge in [-0.1, -0.05) is 6.42 Å².